The highest BCUT2D eigenvalue weighted by Crippen LogP contribution is 2.47. The van der Waals surface area contributed by atoms with Crippen LogP contribution in [0.15, 0.2) is 23.3 Å². The molecule has 0 heterocycles. The van der Waals surface area contributed by atoms with E-state index < -0.39 is 12.1 Å². The summed E-state index contributed by atoms with van der Waals surface area (Å²) in [6.45, 7) is 8.82. The summed E-state index contributed by atoms with van der Waals surface area (Å²) in [5.41, 5.74) is 1.64. The molecule has 0 bridgehead atoms. The third kappa shape index (κ3) is 3.77. The van der Waals surface area contributed by atoms with E-state index in [1.165, 1.54) is 13.8 Å². The number of hydrogen-bond donors (Lipinski definition) is 0. The number of rotatable bonds is 2. The molecule has 0 amide bonds. The van der Waals surface area contributed by atoms with E-state index >= 15 is 0 Å². The van der Waals surface area contributed by atoms with Crippen LogP contribution < -0.4 is 0 Å². The minimum Gasteiger partial charge on any atom is -0.458 e. The van der Waals surface area contributed by atoms with Crippen LogP contribution in [0.4, 0.5) is 0 Å². The predicted octanol–water partition coefficient (Wildman–Crippen LogP) is 3.13. The number of fused-ring (bicyclic) bond motifs is 1. The second-order valence-electron chi connectivity index (χ2n) is 7.10. The SMILES string of the molecule is CC(=O)OC1C=C2CCC(=O)C(OC(C)=O)C(C)=CC2(C)C(C)C1. The Balaban J connectivity index is 2.41. The van der Waals surface area contributed by atoms with E-state index in [4.69, 9.17) is 9.47 Å². The molecule has 0 radical (unpaired) electrons. The molecule has 0 aromatic carbocycles. The minimum atomic E-state index is -0.792. The van der Waals surface area contributed by atoms with E-state index in [2.05, 4.69) is 19.9 Å². The molecule has 0 fully saturated rings. The molecule has 0 saturated carbocycles. The van der Waals surface area contributed by atoms with Crippen LogP contribution in [0.2, 0.25) is 0 Å². The van der Waals surface area contributed by atoms with E-state index in [1.807, 2.05) is 13.0 Å². The quantitative estimate of drug-likeness (QED) is 0.573. The first-order valence-electron chi connectivity index (χ1n) is 8.41. The van der Waals surface area contributed by atoms with Gasteiger partial charge in [-0.05, 0) is 37.3 Å². The van der Waals surface area contributed by atoms with Crippen LogP contribution >= 0.6 is 0 Å². The summed E-state index contributed by atoms with van der Waals surface area (Å²) >= 11 is 0. The number of allylic oxidation sites excluding steroid dienone is 2. The van der Waals surface area contributed by atoms with Crippen molar-refractivity contribution in [3.63, 3.8) is 0 Å². The van der Waals surface area contributed by atoms with Crippen molar-refractivity contribution in [1.82, 2.24) is 0 Å². The van der Waals surface area contributed by atoms with Gasteiger partial charge in [0.05, 0.1) is 0 Å². The Morgan fingerprint density at radius 3 is 2.38 bits per heavy atom. The molecule has 0 N–H and O–H groups in total. The zero-order valence-electron chi connectivity index (χ0n) is 15.0. The first-order chi connectivity index (χ1) is 11.1. The van der Waals surface area contributed by atoms with Crippen molar-refractivity contribution < 1.29 is 23.9 Å². The average molecular weight is 334 g/mol. The smallest absolute Gasteiger partial charge is 0.303 e. The van der Waals surface area contributed by atoms with Crippen molar-refractivity contribution in [1.29, 1.82) is 0 Å². The largest absolute Gasteiger partial charge is 0.458 e. The molecule has 24 heavy (non-hydrogen) atoms. The topological polar surface area (TPSA) is 69.7 Å². The van der Waals surface area contributed by atoms with Gasteiger partial charge in [0.15, 0.2) is 11.9 Å². The van der Waals surface area contributed by atoms with Gasteiger partial charge in [0, 0.05) is 25.7 Å². The first-order valence-corrected chi connectivity index (χ1v) is 8.41. The van der Waals surface area contributed by atoms with Crippen LogP contribution in [0.25, 0.3) is 0 Å². The van der Waals surface area contributed by atoms with Crippen molar-refractivity contribution in [3.8, 4) is 0 Å². The Bertz CT molecular complexity index is 615. The molecule has 5 heteroatoms. The Kier molecular flexibility index (Phi) is 5.31. The number of ether oxygens (including phenoxy) is 2. The van der Waals surface area contributed by atoms with Crippen molar-refractivity contribution >= 4 is 17.7 Å². The maximum Gasteiger partial charge on any atom is 0.303 e. The molecule has 4 atom stereocenters. The van der Waals surface area contributed by atoms with Gasteiger partial charge in [0.25, 0.3) is 0 Å². The molecule has 0 aliphatic heterocycles. The maximum atomic E-state index is 12.4. The standard InChI is InChI=1S/C19H26O5/c1-11-10-19(5)12(2)8-16(23-13(3)20)9-15(19)6-7-17(22)18(11)24-14(4)21/h9-10,12,16,18H,6-8H2,1-5H3. The van der Waals surface area contributed by atoms with E-state index in [0.717, 1.165) is 17.6 Å². The Morgan fingerprint density at radius 1 is 1.17 bits per heavy atom. The summed E-state index contributed by atoms with van der Waals surface area (Å²) < 4.78 is 10.6. The van der Waals surface area contributed by atoms with Crippen molar-refractivity contribution in [3.05, 3.63) is 23.3 Å². The lowest BCUT2D eigenvalue weighted by Gasteiger charge is -2.43. The second kappa shape index (κ2) is 6.91. The van der Waals surface area contributed by atoms with Crippen LogP contribution in [-0.2, 0) is 23.9 Å². The van der Waals surface area contributed by atoms with Crippen LogP contribution in [0.1, 0.15) is 53.9 Å². The molecule has 0 aromatic heterocycles. The van der Waals surface area contributed by atoms with Crippen LogP contribution in [0.5, 0.6) is 0 Å². The molecule has 2 rings (SSSR count). The Morgan fingerprint density at radius 2 is 1.79 bits per heavy atom. The Labute approximate surface area is 143 Å². The molecule has 0 saturated heterocycles. The highest BCUT2D eigenvalue weighted by Gasteiger charge is 2.41. The fraction of sp³-hybridized carbons (Fsp3) is 0.632. The molecule has 132 valence electrons. The van der Waals surface area contributed by atoms with Gasteiger partial charge >= 0.3 is 11.9 Å². The highest BCUT2D eigenvalue weighted by molar-refractivity contribution is 5.88. The lowest BCUT2D eigenvalue weighted by atomic mass is 9.63. The molecule has 4 unspecified atom stereocenters. The first kappa shape index (κ1) is 18.4. The summed E-state index contributed by atoms with van der Waals surface area (Å²) in [5.74, 6) is -0.599. The molecule has 5 nitrogen and oxygen atoms in total. The summed E-state index contributed by atoms with van der Waals surface area (Å²) in [6.07, 6.45) is 4.63. The average Bonchev–Trinajstić information content (AvgIpc) is 2.45. The van der Waals surface area contributed by atoms with Crippen LogP contribution in [0, 0.1) is 11.3 Å². The van der Waals surface area contributed by atoms with Gasteiger partial charge in [-0.3, -0.25) is 14.4 Å². The Hall–Kier alpha value is -1.91. The van der Waals surface area contributed by atoms with E-state index in [0.29, 0.717) is 12.8 Å². The van der Waals surface area contributed by atoms with E-state index in [-0.39, 0.29) is 29.2 Å². The summed E-state index contributed by atoms with van der Waals surface area (Å²) in [5, 5.41) is 0. The zero-order valence-corrected chi connectivity index (χ0v) is 15.0. The molecular weight excluding hydrogens is 308 g/mol. The van der Waals surface area contributed by atoms with Gasteiger partial charge in [0.1, 0.15) is 6.10 Å². The second-order valence-corrected chi connectivity index (χ2v) is 7.10. The third-order valence-corrected chi connectivity index (χ3v) is 5.16. The fourth-order valence-corrected chi connectivity index (χ4v) is 3.78. The summed E-state index contributed by atoms with van der Waals surface area (Å²) in [6, 6.07) is 0. The number of carbonyl (C=O) groups excluding carboxylic acids is 3. The monoisotopic (exact) mass is 334 g/mol. The number of esters is 2. The summed E-state index contributed by atoms with van der Waals surface area (Å²) in [4.78, 5) is 35.0. The van der Waals surface area contributed by atoms with Gasteiger partial charge in [-0.1, -0.05) is 25.5 Å². The third-order valence-electron chi connectivity index (χ3n) is 5.16. The predicted molar refractivity (Wildman–Crippen MR) is 89.1 cm³/mol. The maximum absolute atomic E-state index is 12.4. The van der Waals surface area contributed by atoms with Crippen molar-refractivity contribution in [2.75, 3.05) is 0 Å². The number of ketones is 1. The molecule has 0 aromatic rings. The summed E-state index contributed by atoms with van der Waals surface area (Å²) in [7, 11) is 0. The van der Waals surface area contributed by atoms with Crippen LogP contribution in [-0.4, -0.2) is 29.9 Å². The van der Waals surface area contributed by atoms with E-state index in [1.54, 1.807) is 0 Å². The number of carbonyl (C=O) groups is 3. The van der Waals surface area contributed by atoms with Gasteiger partial charge in [-0.25, -0.2) is 0 Å². The zero-order chi connectivity index (χ0) is 18.1. The number of hydrogen-bond acceptors (Lipinski definition) is 5. The normalized spacial score (nSPS) is 33.4. The lowest BCUT2D eigenvalue weighted by molar-refractivity contribution is -0.150. The van der Waals surface area contributed by atoms with Gasteiger partial charge in [0.2, 0.25) is 0 Å². The van der Waals surface area contributed by atoms with Crippen molar-refractivity contribution in [2.45, 2.75) is 66.1 Å². The van der Waals surface area contributed by atoms with Crippen LogP contribution in [0.3, 0.4) is 0 Å². The van der Waals surface area contributed by atoms with Gasteiger partial charge in [-0.15, -0.1) is 0 Å². The van der Waals surface area contributed by atoms with Gasteiger partial charge in [-0.2, -0.15) is 0 Å². The molecule has 2 aliphatic rings. The lowest BCUT2D eigenvalue weighted by Crippen LogP contribution is -2.39. The van der Waals surface area contributed by atoms with Crippen molar-refractivity contribution in [2.24, 2.45) is 11.3 Å². The molecular formula is C19H26O5. The fourth-order valence-electron chi connectivity index (χ4n) is 3.78. The number of Topliss-reactive ketones (excluding diaryl/α,β-unsaturated/α-hetero) is 1. The minimum absolute atomic E-state index is 0.0934. The highest BCUT2D eigenvalue weighted by atomic mass is 16.5. The molecule has 0 spiro atoms. The van der Waals surface area contributed by atoms with E-state index in [9.17, 15) is 14.4 Å². The molecule has 2 aliphatic carbocycles. The van der Waals surface area contributed by atoms with Gasteiger partial charge < -0.3 is 9.47 Å².